The summed E-state index contributed by atoms with van der Waals surface area (Å²) in [7, 11) is 0. The lowest BCUT2D eigenvalue weighted by Gasteiger charge is -2.07. The van der Waals surface area contributed by atoms with Crippen molar-refractivity contribution in [1.29, 1.82) is 0 Å². The van der Waals surface area contributed by atoms with Crippen LogP contribution < -0.4 is 10.1 Å². The fourth-order valence-corrected chi connectivity index (χ4v) is 2.65. The Hall–Kier alpha value is -2.81. The van der Waals surface area contributed by atoms with Gasteiger partial charge in [0.15, 0.2) is 5.13 Å². The van der Waals surface area contributed by atoms with Crippen LogP contribution in [0.25, 0.3) is 6.08 Å². The number of rotatable bonds is 8. The summed E-state index contributed by atoms with van der Waals surface area (Å²) in [5.74, 6) is -0.919. The van der Waals surface area contributed by atoms with E-state index < -0.39 is 18.5 Å². The van der Waals surface area contributed by atoms with Crippen molar-refractivity contribution >= 4 is 34.4 Å². The van der Waals surface area contributed by atoms with Gasteiger partial charge in [-0.1, -0.05) is 18.2 Å². The van der Waals surface area contributed by atoms with E-state index in [9.17, 15) is 18.4 Å². The zero-order chi connectivity index (χ0) is 18.9. The van der Waals surface area contributed by atoms with E-state index in [4.69, 9.17) is 4.74 Å². The van der Waals surface area contributed by atoms with Crippen molar-refractivity contribution in [3.8, 4) is 5.75 Å². The fourth-order valence-electron chi connectivity index (χ4n) is 1.94. The molecule has 0 aliphatic rings. The molecule has 0 saturated heterocycles. The summed E-state index contributed by atoms with van der Waals surface area (Å²) in [4.78, 5) is 27.4. The molecule has 1 aromatic carbocycles. The van der Waals surface area contributed by atoms with Crippen molar-refractivity contribution in [2.75, 3.05) is 11.9 Å². The van der Waals surface area contributed by atoms with E-state index in [1.54, 1.807) is 30.5 Å². The number of para-hydroxylation sites is 1. The van der Waals surface area contributed by atoms with Crippen molar-refractivity contribution < 1.29 is 27.8 Å². The summed E-state index contributed by atoms with van der Waals surface area (Å²) < 4.78 is 33.9. The maximum Gasteiger partial charge on any atom is 0.387 e. The quantitative estimate of drug-likeness (QED) is 0.559. The highest BCUT2D eigenvalue weighted by Crippen LogP contribution is 2.22. The lowest BCUT2D eigenvalue weighted by Crippen LogP contribution is -2.09. The van der Waals surface area contributed by atoms with Gasteiger partial charge in [-0.15, -0.1) is 11.3 Å². The monoisotopic (exact) mass is 382 g/mol. The topological polar surface area (TPSA) is 77.5 Å². The lowest BCUT2D eigenvalue weighted by molar-refractivity contribution is -0.142. The molecule has 0 saturated carbocycles. The van der Waals surface area contributed by atoms with Crippen LogP contribution in [0.15, 0.2) is 35.7 Å². The lowest BCUT2D eigenvalue weighted by atomic mass is 10.2. The van der Waals surface area contributed by atoms with Gasteiger partial charge in [0.05, 0.1) is 18.7 Å². The number of carbonyl (C=O) groups excluding carboxylic acids is 2. The molecule has 1 heterocycles. The van der Waals surface area contributed by atoms with E-state index >= 15 is 0 Å². The Labute approximate surface area is 152 Å². The normalized spacial score (nSPS) is 10.9. The first-order valence-electron chi connectivity index (χ1n) is 7.61. The summed E-state index contributed by atoms with van der Waals surface area (Å²) in [5.41, 5.74) is 0.827. The molecule has 2 aromatic rings. The third-order valence-corrected chi connectivity index (χ3v) is 3.77. The van der Waals surface area contributed by atoms with Crippen molar-refractivity contribution in [2.45, 2.75) is 20.0 Å². The van der Waals surface area contributed by atoms with E-state index in [2.05, 4.69) is 15.0 Å². The number of amides is 1. The third kappa shape index (κ3) is 6.25. The molecular formula is C17H16F2N2O4S. The number of esters is 1. The molecular weight excluding hydrogens is 366 g/mol. The van der Waals surface area contributed by atoms with Gasteiger partial charge in [-0.2, -0.15) is 8.78 Å². The van der Waals surface area contributed by atoms with Gasteiger partial charge in [0, 0.05) is 17.0 Å². The molecule has 0 fully saturated rings. The second-order valence-corrected chi connectivity index (χ2v) is 5.72. The number of hydrogen-bond acceptors (Lipinski definition) is 6. The fraction of sp³-hybridized carbons (Fsp3) is 0.235. The van der Waals surface area contributed by atoms with Gasteiger partial charge in [-0.3, -0.25) is 14.9 Å². The van der Waals surface area contributed by atoms with E-state index in [0.29, 0.717) is 16.4 Å². The van der Waals surface area contributed by atoms with Crippen LogP contribution in [0.5, 0.6) is 5.75 Å². The average molecular weight is 382 g/mol. The minimum absolute atomic E-state index is 0.0222. The molecule has 1 amide bonds. The van der Waals surface area contributed by atoms with E-state index in [1.807, 2.05) is 0 Å². The largest absolute Gasteiger partial charge is 0.466 e. The standard InChI is InChI=1S/C17H16F2N2O4S/c1-2-24-15(23)9-12-10-26-17(20-12)21-14(22)8-7-11-5-3-4-6-13(11)25-16(18)19/h3-8,10,16H,2,9H2,1H3,(H,20,21,22). The summed E-state index contributed by atoms with van der Waals surface area (Å²) >= 11 is 1.16. The molecule has 2 rings (SSSR count). The molecule has 0 unspecified atom stereocenters. The van der Waals surface area contributed by atoms with Crippen molar-refractivity contribution in [2.24, 2.45) is 0 Å². The van der Waals surface area contributed by atoms with Crippen LogP contribution in [0.4, 0.5) is 13.9 Å². The van der Waals surface area contributed by atoms with Gasteiger partial charge < -0.3 is 9.47 Å². The predicted molar refractivity (Wildman–Crippen MR) is 93.2 cm³/mol. The molecule has 9 heteroatoms. The zero-order valence-corrected chi connectivity index (χ0v) is 14.6. The maximum absolute atomic E-state index is 12.4. The molecule has 26 heavy (non-hydrogen) atoms. The Bertz CT molecular complexity index is 793. The number of benzene rings is 1. The number of halogens is 2. The van der Waals surface area contributed by atoms with E-state index in [1.165, 1.54) is 18.2 Å². The van der Waals surface area contributed by atoms with E-state index in [-0.39, 0.29) is 18.8 Å². The van der Waals surface area contributed by atoms with Gasteiger partial charge in [0.1, 0.15) is 5.75 Å². The minimum atomic E-state index is -2.95. The Morgan fingerprint density at radius 3 is 2.85 bits per heavy atom. The Balaban J connectivity index is 1.96. The first kappa shape index (κ1) is 19.5. The number of alkyl halides is 2. The maximum atomic E-state index is 12.4. The van der Waals surface area contributed by atoms with Gasteiger partial charge in [-0.05, 0) is 19.1 Å². The molecule has 0 spiro atoms. The number of nitrogens with zero attached hydrogens (tertiary/aromatic N) is 1. The molecule has 138 valence electrons. The van der Waals surface area contributed by atoms with Crippen molar-refractivity contribution in [1.82, 2.24) is 4.98 Å². The summed E-state index contributed by atoms with van der Waals surface area (Å²) in [5, 5.41) is 4.50. The molecule has 6 nitrogen and oxygen atoms in total. The highest BCUT2D eigenvalue weighted by Gasteiger charge is 2.10. The molecule has 0 radical (unpaired) electrons. The highest BCUT2D eigenvalue weighted by atomic mass is 32.1. The number of hydrogen-bond donors (Lipinski definition) is 1. The van der Waals surface area contributed by atoms with Crippen LogP contribution in [0.1, 0.15) is 18.2 Å². The van der Waals surface area contributed by atoms with Gasteiger partial charge >= 0.3 is 12.6 Å². The number of nitrogens with one attached hydrogen (secondary N) is 1. The summed E-state index contributed by atoms with van der Waals surface area (Å²) in [6, 6.07) is 6.11. The summed E-state index contributed by atoms with van der Waals surface area (Å²) in [6.45, 7) is -0.957. The second kappa shape index (κ2) is 9.62. The molecule has 1 N–H and O–H groups in total. The Kier molecular flexibility index (Phi) is 7.22. The van der Waals surface area contributed by atoms with Crippen LogP contribution in [0, 0.1) is 0 Å². The van der Waals surface area contributed by atoms with Gasteiger partial charge in [0.25, 0.3) is 0 Å². The first-order valence-corrected chi connectivity index (χ1v) is 8.48. The van der Waals surface area contributed by atoms with Crippen LogP contribution in [0.2, 0.25) is 0 Å². The molecule has 0 bridgehead atoms. The summed E-state index contributed by atoms with van der Waals surface area (Å²) in [6.07, 6.45) is 2.56. The number of aromatic nitrogens is 1. The van der Waals surface area contributed by atoms with Crippen molar-refractivity contribution in [3.63, 3.8) is 0 Å². The van der Waals surface area contributed by atoms with Crippen LogP contribution in [0.3, 0.4) is 0 Å². The number of thiazole rings is 1. The first-order chi connectivity index (χ1) is 12.5. The SMILES string of the molecule is CCOC(=O)Cc1csc(NC(=O)C=Cc2ccccc2OC(F)F)n1. The Morgan fingerprint density at radius 2 is 2.12 bits per heavy atom. The van der Waals surface area contributed by atoms with Crippen LogP contribution in [-0.4, -0.2) is 30.1 Å². The third-order valence-electron chi connectivity index (χ3n) is 2.96. The van der Waals surface area contributed by atoms with Crippen molar-refractivity contribution in [3.05, 3.63) is 47.0 Å². The second-order valence-electron chi connectivity index (χ2n) is 4.86. The van der Waals surface area contributed by atoms with Gasteiger partial charge in [0.2, 0.25) is 5.91 Å². The number of ether oxygens (including phenoxy) is 2. The molecule has 1 aromatic heterocycles. The average Bonchev–Trinajstić information content (AvgIpc) is 3.00. The highest BCUT2D eigenvalue weighted by molar-refractivity contribution is 7.14. The molecule has 0 aliphatic heterocycles. The minimum Gasteiger partial charge on any atom is -0.466 e. The van der Waals surface area contributed by atoms with E-state index in [0.717, 1.165) is 11.3 Å². The Morgan fingerprint density at radius 1 is 1.35 bits per heavy atom. The number of anilines is 1. The van der Waals surface area contributed by atoms with Crippen LogP contribution in [-0.2, 0) is 20.7 Å². The molecule has 0 atom stereocenters. The predicted octanol–water partition coefficient (Wildman–Crippen LogP) is 3.50. The zero-order valence-electron chi connectivity index (χ0n) is 13.8. The number of carbonyl (C=O) groups is 2. The smallest absolute Gasteiger partial charge is 0.387 e. The van der Waals surface area contributed by atoms with Gasteiger partial charge in [-0.25, -0.2) is 4.98 Å². The molecule has 0 aliphatic carbocycles. The van der Waals surface area contributed by atoms with Crippen LogP contribution >= 0.6 is 11.3 Å².